The predicted molar refractivity (Wildman–Crippen MR) is 122 cm³/mol. The van der Waals surface area contributed by atoms with Crippen LogP contribution in [0.5, 0.6) is 0 Å². The van der Waals surface area contributed by atoms with Gasteiger partial charge in [0, 0.05) is 23.4 Å². The summed E-state index contributed by atoms with van der Waals surface area (Å²) in [4.78, 5) is 22.8. The smallest absolute Gasteiger partial charge is 0.316 e. The molecule has 0 radical (unpaired) electrons. The van der Waals surface area contributed by atoms with Crippen molar-refractivity contribution < 1.29 is 19.3 Å². The highest BCUT2D eigenvalue weighted by atomic mass is 32.2. The largest absolute Gasteiger partial charge is 0.455 e. The Kier molecular flexibility index (Phi) is 6.60. The highest BCUT2D eigenvalue weighted by molar-refractivity contribution is 7.99. The van der Waals surface area contributed by atoms with E-state index < -0.39 is 0 Å². The Hall–Kier alpha value is -4.25. The number of furan rings is 1. The third-order valence-corrected chi connectivity index (χ3v) is 5.45. The molecule has 4 rings (SSSR count). The molecule has 11 heteroatoms. The molecule has 2 aromatic carbocycles. The van der Waals surface area contributed by atoms with Crippen molar-refractivity contribution in [3.05, 3.63) is 83.2 Å². The second kappa shape index (κ2) is 9.92. The van der Waals surface area contributed by atoms with E-state index in [9.17, 15) is 9.70 Å². The lowest BCUT2D eigenvalue weighted by molar-refractivity contribution is -0.729. The number of carbonyl (C=O) groups excluding carboxylic acids is 1. The van der Waals surface area contributed by atoms with E-state index in [1.807, 2.05) is 41.8 Å². The van der Waals surface area contributed by atoms with Crippen molar-refractivity contribution in [2.45, 2.75) is 12.1 Å². The van der Waals surface area contributed by atoms with Crippen molar-refractivity contribution in [1.29, 1.82) is 0 Å². The molecular formula is C22H19N6O4S+. The quantitative estimate of drug-likeness (QED) is 0.231. The Morgan fingerprint density at radius 1 is 1.15 bits per heavy atom. The van der Waals surface area contributed by atoms with E-state index in [2.05, 4.69) is 20.7 Å². The molecule has 2 heterocycles. The molecule has 0 unspecified atom stereocenters. The first-order valence-electron chi connectivity index (χ1n) is 9.80. The van der Waals surface area contributed by atoms with E-state index >= 15 is 0 Å². The summed E-state index contributed by atoms with van der Waals surface area (Å²) in [5.74, 6) is 1.53. The van der Waals surface area contributed by atoms with Crippen LogP contribution >= 0.6 is 11.8 Å². The fourth-order valence-corrected chi connectivity index (χ4v) is 3.76. The van der Waals surface area contributed by atoms with Gasteiger partial charge >= 0.3 is 5.69 Å². The molecule has 0 saturated heterocycles. The fraction of sp³-hybridized carbons (Fsp3) is 0.0909. The van der Waals surface area contributed by atoms with Crippen LogP contribution in [-0.4, -0.2) is 42.8 Å². The number of aryl methyl sites for hydroxylation is 1. The molecule has 0 fully saturated rings. The van der Waals surface area contributed by atoms with E-state index in [0.29, 0.717) is 16.7 Å². The van der Waals surface area contributed by atoms with Crippen molar-refractivity contribution >= 4 is 29.6 Å². The van der Waals surface area contributed by atoms with Crippen LogP contribution in [0.2, 0.25) is 0 Å². The van der Waals surface area contributed by atoms with Gasteiger partial charge in [0.2, 0.25) is 0 Å². The zero-order valence-electron chi connectivity index (χ0n) is 17.5. The minimum absolute atomic E-state index is 0.111. The number of nitrogens with zero attached hydrogens (tertiary/aromatic N) is 5. The molecule has 0 aliphatic carbocycles. The molecule has 0 bridgehead atoms. The number of hydrazone groups is 1. The summed E-state index contributed by atoms with van der Waals surface area (Å²) >= 11 is 1.26. The average Bonchev–Trinajstić information content (AvgIpc) is 3.45. The van der Waals surface area contributed by atoms with Crippen molar-refractivity contribution in [2.24, 2.45) is 5.10 Å². The van der Waals surface area contributed by atoms with Crippen LogP contribution in [0.3, 0.4) is 0 Å². The van der Waals surface area contributed by atoms with Gasteiger partial charge in [0.15, 0.2) is 5.16 Å². The van der Waals surface area contributed by atoms with Gasteiger partial charge in [0.05, 0.1) is 16.9 Å². The Balaban J connectivity index is 1.32. The van der Waals surface area contributed by atoms with Gasteiger partial charge < -0.3 is 4.42 Å². The zero-order valence-corrected chi connectivity index (χ0v) is 18.3. The maximum Gasteiger partial charge on any atom is 0.316 e. The van der Waals surface area contributed by atoms with E-state index in [1.165, 1.54) is 30.1 Å². The molecular weight excluding hydrogens is 444 g/mol. The van der Waals surface area contributed by atoms with Gasteiger partial charge in [-0.25, -0.2) is 10.6 Å². The maximum atomic E-state index is 12.2. The van der Waals surface area contributed by atoms with Gasteiger partial charge in [-0.3, -0.25) is 9.36 Å². The second-order valence-corrected chi connectivity index (χ2v) is 7.75. The van der Waals surface area contributed by atoms with Crippen molar-refractivity contribution in [3.8, 4) is 17.0 Å². The lowest BCUT2D eigenvalue weighted by Crippen LogP contribution is -2.19. The van der Waals surface area contributed by atoms with Crippen LogP contribution < -0.4 is 5.43 Å². The lowest BCUT2D eigenvalue weighted by Gasteiger charge is -2.07. The van der Waals surface area contributed by atoms with E-state index in [4.69, 9.17) is 9.62 Å². The molecule has 2 N–H and O–H groups in total. The zero-order chi connectivity index (χ0) is 23.2. The monoisotopic (exact) mass is 463 g/mol. The third kappa shape index (κ3) is 5.33. The summed E-state index contributed by atoms with van der Waals surface area (Å²) in [6.45, 7) is 1.85. The number of benzene rings is 2. The van der Waals surface area contributed by atoms with Crippen molar-refractivity contribution in [2.75, 3.05) is 5.75 Å². The van der Waals surface area contributed by atoms with Crippen LogP contribution in [-0.2, 0) is 4.79 Å². The molecule has 0 spiro atoms. The number of rotatable bonds is 8. The molecule has 166 valence electrons. The maximum absolute atomic E-state index is 12.2. The number of amides is 1. The molecule has 2 aromatic heterocycles. The summed E-state index contributed by atoms with van der Waals surface area (Å²) in [5, 5.41) is 21.7. The highest BCUT2D eigenvalue weighted by Gasteiger charge is 2.14. The van der Waals surface area contributed by atoms with Gasteiger partial charge in [0.1, 0.15) is 17.3 Å². The van der Waals surface area contributed by atoms with Crippen LogP contribution in [0.1, 0.15) is 11.6 Å². The van der Waals surface area contributed by atoms with Crippen LogP contribution in [0.4, 0.5) is 5.69 Å². The van der Waals surface area contributed by atoms with Crippen molar-refractivity contribution in [1.82, 2.24) is 20.2 Å². The number of hydrogen-bond acceptors (Lipinski definition) is 7. The van der Waals surface area contributed by atoms with E-state index in [0.717, 1.165) is 17.1 Å². The van der Waals surface area contributed by atoms with Gasteiger partial charge in [-0.05, 0) is 43.3 Å². The van der Waals surface area contributed by atoms with Gasteiger partial charge in [-0.1, -0.05) is 30.0 Å². The molecule has 1 amide bonds. The van der Waals surface area contributed by atoms with Gasteiger partial charge in [-0.15, -0.1) is 10.2 Å². The molecule has 0 aliphatic heterocycles. The number of thioether (sulfide) groups is 1. The Morgan fingerprint density at radius 3 is 2.64 bits per heavy atom. The SMILES string of the molecule is Cc1nnc(SCC(=O)N/N=C/c2ccc(-c3ccc([N+](=O)O)cc3)o2)n1-c1ccccc1. The standard InChI is InChI=1S/C22H18N6O4S/c1-15-24-26-22(27(15)17-5-3-2-4-6-17)33-14-21(29)25-23-13-19-11-12-20(32-19)16-7-9-18(10-8-16)28(30)31/h2-13H,14H2,1H3,(H-,25,29,30,31)/p+1/b23-13+. The van der Waals surface area contributed by atoms with Crippen LogP contribution in [0, 0.1) is 11.8 Å². The number of aromatic nitrogens is 3. The summed E-state index contributed by atoms with van der Waals surface area (Å²) in [5.41, 5.74) is 4.22. The van der Waals surface area contributed by atoms with Crippen molar-refractivity contribution in [3.63, 3.8) is 0 Å². The average molecular weight is 463 g/mol. The summed E-state index contributed by atoms with van der Waals surface area (Å²) in [7, 11) is 0. The van der Waals surface area contributed by atoms with Crippen LogP contribution in [0.15, 0.2) is 81.4 Å². The number of para-hydroxylation sites is 1. The summed E-state index contributed by atoms with van der Waals surface area (Å²) in [6.07, 6.45) is 1.39. The number of nitrogens with one attached hydrogen (secondary N) is 1. The fourth-order valence-electron chi connectivity index (χ4n) is 2.97. The van der Waals surface area contributed by atoms with Gasteiger partial charge in [-0.2, -0.15) is 5.10 Å². The predicted octanol–water partition coefficient (Wildman–Crippen LogP) is 3.88. The molecule has 4 aromatic rings. The highest BCUT2D eigenvalue weighted by Crippen LogP contribution is 2.24. The van der Waals surface area contributed by atoms with E-state index in [1.54, 1.807) is 24.3 Å². The molecule has 0 atom stereocenters. The third-order valence-electron chi connectivity index (χ3n) is 4.52. The van der Waals surface area contributed by atoms with E-state index in [-0.39, 0.29) is 22.3 Å². The van der Waals surface area contributed by atoms with Gasteiger partial charge in [0.25, 0.3) is 10.8 Å². The lowest BCUT2D eigenvalue weighted by atomic mass is 10.1. The summed E-state index contributed by atoms with van der Waals surface area (Å²) < 4.78 is 7.55. The Bertz CT molecular complexity index is 1300. The molecule has 0 saturated carbocycles. The Labute approximate surface area is 192 Å². The van der Waals surface area contributed by atoms with Crippen LogP contribution in [0.25, 0.3) is 17.0 Å². The summed E-state index contributed by atoms with van der Waals surface area (Å²) in [6, 6.07) is 19.3. The first-order chi connectivity index (χ1) is 16.0. The Morgan fingerprint density at radius 2 is 1.91 bits per heavy atom. The normalized spacial score (nSPS) is 11.1. The first-order valence-corrected chi connectivity index (χ1v) is 10.8. The molecule has 10 nitrogen and oxygen atoms in total. The number of carbonyl (C=O) groups is 1. The minimum atomic E-state index is -0.301. The topological polar surface area (TPSA) is 126 Å². The minimum Gasteiger partial charge on any atom is -0.455 e. The molecule has 33 heavy (non-hydrogen) atoms. The molecule has 0 aliphatic rings. The number of hydrogen-bond donors (Lipinski definition) is 2. The second-order valence-electron chi connectivity index (χ2n) is 6.80. The first kappa shape index (κ1) is 22.0.